The van der Waals surface area contributed by atoms with Crippen molar-refractivity contribution in [3.8, 4) is 11.5 Å². The summed E-state index contributed by atoms with van der Waals surface area (Å²) in [5.41, 5.74) is 11.1. The molecule has 48 heavy (non-hydrogen) atoms. The van der Waals surface area contributed by atoms with E-state index in [-0.39, 0.29) is 11.4 Å². The Morgan fingerprint density at radius 3 is 1.33 bits per heavy atom. The van der Waals surface area contributed by atoms with Gasteiger partial charge in [0, 0.05) is 5.56 Å². The maximum atomic E-state index is 9.70. The van der Waals surface area contributed by atoms with Gasteiger partial charge in [0.05, 0.1) is 0 Å². The van der Waals surface area contributed by atoms with Crippen LogP contribution in [0.5, 0.6) is 11.5 Å². The molecule has 2 rings (SSSR count). The van der Waals surface area contributed by atoms with Crippen LogP contribution >= 0.6 is 0 Å². The van der Waals surface area contributed by atoms with Crippen LogP contribution in [0.1, 0.15) is 158 Å². The summed E-state index contributed by atoms with van der Waals surface area (Å²) in [5.74, 6) is 1.12. The number of benzene rings is 1. The third-order valence-corrected chi connectivity index (χ3v) is 9.33. The maximum absolute atomic E-state index is 9.70. The molecule has 1 aliphatic rings. The van der Waals surface area contributed by atoms with E-state index in [1.807, 2.05) is 6.07 Å². The molecule has 1 heterocycles. The Morgan fingerprint density at radius 1 is 0.562 bits per heavy atom. The van der Waals surface area contributed by atoms with Crippen LogP contribution in [0.3, 0.4) is 0 Å². The minimum absolute atomic E-state index is 0.273. The van der Waals surface area contributed by atoms with Gasteiger partial charge < -0.3 is 9.84 Å². The van der Waals surface area contributed by atoms with Crippen molar-refractivity contribution in [2.75, 3.05) is 0 Å². The third kappa shape index (κ3) is 18.3. The number of phenolic OH excluding ortho intramolecular Hbond substituents is 1. The van der Waals surface area contributed by atoms with Gasteiger partial charge in [-0.15, -0.1) is 0 Å². The van der Waals surface area contributed by atoms with Crippen molar-refractivity contribution in [2.24, 2.45) is 0 Å². The molecule has 0 unspecified atom stereocenters. The van der Waals surface area contributed by atoms with Gasteiger partial charge in [-0.25, -0.2) is 0 Å². The first-order valence-corrected chi connectivity index (χ1v) is 18.6. The molecule has 1 N–H and O–H groups in total. The fourth-order valence-corrected chi connectivity index (χ4v) is 5.98. The number of hydrogen-bond acceptors (Lipinski definition) is 2. The first kappa shape index (κ1) is 40.9. The van der Waals surface area contributed by atoms with Crippen LogP contribution in [0, 0.1) is 0 Å². The number of phenols is 1. The van der Waals surface area contributed by atoms with E-state index in [1.165, 1.54) is 64.7 Å². The van der Waals surface area contributed by atoms with E-state index in [0.717, 1.165) is 75.5 Å². The molecule has 1 aromatic rings. The first-order valence-electron chi connectivity index (χ1n) is 18.6. The molecule has 2 heteroatoms. The van der Waals surface area contributed by atoms with Crippen LogP contribution in [0.25, 0.3) is 6.08 Å². The van der Waals surface area contributed by atoms with Gasteiger partial charge in [-0.3, -0.25) is 0 Å². The average Bonchev–Trinajstić information content (AvgIpc) is 3.01. The second-order valence-corrected chi connectivity index (χ2v) is 14.8. The topological polar surface area (TPSA) is 29.5 Å². The second-order valence-electron chi connectivity index (χ2n) is 14.8. The molecule has 0 bridgehead atoms. The smallest absolute Gasteiger partial charge is 0.128 e. The Balaban J connectivity index is 1.59. The Bertz CT molecular complexity index is 1380. The van der Waals surface area contributed by atoms with Crippen LogP contribution in [0.2, 0.25) is 0 Å². The van der Waals surface area contributed by atoms with Crippen molar-refractivity contribution in [2.45, 2.75) is 158 Å². The summed E-state index contributed by atoms with van der Waals surface area (Å²) in [5, 5.41) is 9.70. The predicted molar refractivity (Wildman–Crippen MR) is 213 cm³/mol. The van der Waals surface area contributed by atoms with Gasteiger partial charge in [-0.1, -0.05) is 87.6 Å². The van der Waals surface area contributed by atoms with Crippen molar-refractivity contribution < 1.29 is 9.84 Å². The van der Waals surface area contributed by atoms with Crippen molar-refractivity contribution >= 4 is 6.08 Å². The lowest BCUT2D eigenvalue weighted by molar-refractivity contribution is 0.128. The number of fused-ring (bicyclic) bond motifs is 1. The number of allylic oxidation sites excluding steroid dienone is 14. The molecular weight excluding hydrogens is 585 g/mol. The zero-order valence-electron chi connectivity index (χ0n) is 32.2. The highest BCUT2D eigenvalue weighted by Crippen LogP contribution is 2.35. The minimum atomic E-state index is -0.308. The standard InChI is InChI=1S/C46H68O2/c1-36(2)17-10-18-37(3)19-11-20-38(4)21-12-22-39(5)23-13-24-40(6)25-14-26-41(7)27-15-28-42(8)29-16-33-46(9)34-32-43-35-44(47)30-31-45(43)48-46/h17,19,21,23,25,27,29-32,34-35,47H,10-16,18,20,22,24,26,28,33H2,1-9H3/t46-/m0/s1. The molecule has 0 amide bonds. The van der Waals surface area contributed by atoms with E-state index in [9.17, 15) is 5.11 Å². The van der Waals surface area contributed by atoms with Gasteiger partial charge in [-0.2, -0.15) is 0 Å². The molecular formula is C46H68O2. The van der Waals surface area contributed by atoms with Gasteiger partial charge in [-0.05, 0) is 176 Å². The van der Waals surface area contributed by atoms with E-state index in [0.29, 0.717) is 0 Å². The normalized spacial score (nSPS) is 17.8. The summed E-state index contributed by atoms with van der Waals surface area (Å²) >= 11 is 0. The predicted octanol–water partition coefficient (Wildman–Crippen LogP) is 14.7. The summed E-state index contributed by atoms with van der Waals surface area (Å²) in [6, 6.07) is 5.30. The van der Waals surface area contributed by atoms with Crippen LogP contribution in [0.15, 0.2) is 106 Å². The Morgan fingerprint density at radius 2 is 0.938 bits per heavy atom. The fraction of sp³-hybridized carbons (Fsp3) is 0.522. The maximum Gasteiger partial charge on any atom is 0.128 e. The molecule has 0 aromatic heterocycles. The van der Waals surface area contributed by atoms with E-state index in [4.69, 9.17) is 4.74 Å². The fourth-order valence-electron chi connectivity index (χ4n) is 5.98. The minimum Gasteiger partial charge on any atom is -0.508 e. The van der Waals surface area contributed by atoms with Crippen molar-refractivity contribution in [1.82, 2.24) is 0 Å². The molecule has 1 atom stereocenters. The average molecular weight is 653 g/mol. The Hall–Kier alpha value is -3.26. The van der Waals surface area contributed by atoms with E-state index < -0.39 is 0 Å². The molecule has 264 valence electrons. The van der Waals surface area contributed by atoms with E-state index in [1.54, 1.807) is 12.1 Å². The highest BCUT2D eigenvalue weighted by atomic mass is 16.5. The molecule has 0 saturated heterocycles. The number of aromatic hydroxyl groups is 1. The number of ether oxygens (including phenoxy) is 1. The quantitative estimate of drug-likeness (QED) is 0.134. The van der Waals surface area contributed by atoms with Crippen LogP contribution in [-0.4, -0.2) is 10.7 Å². The lowest BCUT2D eigenvalue weighted by Gasteiger charge is -2.31. The molecule has 0 fully saturated rings. The second kappa shape index (κ2) is 22.4. The van der Waals surface area contributed by atoms with Gasteiger partial charge >= 0.3 is 0 Å². The summed E-state index contributed by atoms with van der Waals surface area (Å²) in [6.45, 7) is 20.2. The first-order chi connectivity index (χ1) is 22.8. The molecule has 0 radical (unpaired) electrons. The van der Waals surface area contributed by atoms with Crippen LogP contribution < -0.4 is 4.74 Å². The summed E-state index contributed by atoms with van der Waals surface area (Å²) < 4.78 is 6.25. The van der Waals surface area contributed by atoms with Gasteiger partial charge in [0.2, 0.25) is 0 Å². The van der Waals surface area contributed by atoms with Crippen LogP contribution in [-0.2, 0) is 0 Å². The highest BCUT2D eigenvalue weighted by molar-refractivity contribution is 5.62. The molecule has 0 aliphatic carbocycles. The Labute approximate surface area is 295 Å². The molecule has 0 spiro atoms. The highest BCUT2D eigenvalue weighted by Gasteiger charge is 2.26. The molecule has 0 saturated carbocycles. The summed E-state index contributed by atoms with van der Waals surface area (Å²) in [7, 11) is 0. The number of rotatable bonds is 21. The van der Waals surface area contributed by atoms with E-state index in [2.05, 4.69) is 117 Å². The van der Waals surface area contributed by atoms with Gasteiger partial charge in [0.25, 0.3) is 0 Å². The lowest BCUT2D eigenvalue weighted by atomic mass is 9.94. The molecule has 1 aromatic carbocycles. The number of hydrogen-bond donors (Lipinski definition) is 1. The molecule has 1 aliphatic heterocycles. The zero-order valence-corrected chi connectivity index (χ0v) is 32.2. The van der Waals surface area contributed by atoms with Crippen molar-refractivity contribution in [1.29, 1.82) is 0 Å². The van der Waals surface area contributed by atoms with Crippen molar-refractivity contribution in [3.63, 3.8) is 0 Å². The Kier molecular flexibility index (Phi) is 19.1. The third-order valence-electron chi connectivity index (χ3n) is 9.33. The zero-order chi connectivity index (χ0) is 35.4. The van der Waals surface area contributed by atoms with E-state index >= 15 is 0 Å². The summed E-state index contributed by atoms with van der Waals surface area (Å²) in [4.78, 5) is 0. The SMILES string of the molecule is CC(C)=CCCC(C)=CCCC(C)=CCCC(C)=CCCC(C)=CCCC(C)=CCCC(C)=CCC[C@@]1(C)C=Cc2cc(O)ccc2O1. The summed E-state index contributed by atoms with van der Waals surface area (Å²) in [6.07, 6.45) is 36.8. The van der Waals surface area contributed by atoms with Gasteiger partial charge in [0.15, 0.2) is 0 Å². The van der Waals surface area contributed by atoms with Gasteiger partial charge in [0.1, 0.15) is 17.1 Å². The molecule has 2 nitrogen and oxygen atoms in total. The monoisotopic (exact) mass is 653 g/mol. The van der Waals surface area contributed by atoms with Crippen molar-refractivity contribution in [3.05, 3.63) is 111 Å². The van der Waals surface area contributed by atoms with Crippen LogP contribution in [0.4, 0.5) is 0 Å². The lowest BCUT2D eigenvalue weighted by Crippen LogP contribution is -2.31. The largest absolute Gasteiger partial charge is 0.508 e.